The molecule has 0 amide bonds. The van der Waals surface area contributed by atoms with E-state index < -0.39 is 0 Å². The third-order valence-corrected chi connectivity index (χ3v) is 4.79. The Morgan fingerprint density at radius 2 is 1.76 bits per heavy atom. The molecule has 0 saturated heterocycles. The van der Waals surface area contributed by atoms with E-state index in [9.17, 15) is 0 Å². The fourth-order valence-electron chi connectivity index (χ4n) is 3.58. The number of benzene rings is 1. The van der Waals surface area contributed by atoms with E-state index in [1.54, 1.807) is 0 Å². The van der Waals surface area contributed by atoms with Gasteiger partial charge in [0, 0.05) is 5.54 Å². The van der Waals surface area contributed by atoms with Crippen molar-refractivity contribution < 1.29 is 0 Å². The zero-order valence-electron chi connectivity index (χ0n) is 14.4. The summed E-state index contributed by atoms with van der Waals surface area (Å²) in [5, 5.41) is 3.75. The van der Waals surface area contributed by atoms with Crippen LogP contribution in [0.15, 0.2) is 24.3 Å². The van der Waals surface area contributed by atoms with Crippen LogP contribution in [-0.4, -0.2) is 12.1 Å². The van der Waals surface area contributed by atoms with Gasteiger partial charge in [0.15, 0.2) is 0 Å². The van der Waals surface area contributed by atoms with E-state index in [1.165, 1.54) is 56.2 Å². The van der Waals surface area contributed by atoms with Crippen molar-refractivity contribution in [2.75, 3.05) is 6.54 Å². The zero-order chi connectivity index (χ0) is 15.3. The van der Waals surface area contributed by atoms with E-state index >= 15 is 0 Å². The normalized spacial score (nSPS) is 23.8. The highest BCUT2D eigenvalue weighted by Crippen LogP contribution is 2.31. The van der Waals surface area contributed by atoms with Crippen molar-refractivity contribution in [3.8, 4) is 0 Å². The van der Waals surface area contributed by atoms with Crippen LogP contribution in [0.1, 0.15) is 64.0 Å². The fourth-order valence-corrected chi connectivity index (χ4v) is 3.58. The molecule has 1 aromatic rings. The summed E-state index contributed by atoms with van der Waals surface area (Å²) < 4.78 is 0. The minimum Gasteiger partial charge on any atom is -0.312 e. The van der Waals surface area contributed by atoms with Gasteiger partial charge in [0.25, 0.3) is 0 Å². The van der Waals surface area contributed by atoms with Crippen molar-refractivity contribution in [1.82, 2.24) is 5.32 Å². The number of rotatable bonds is 4. The van der Waals surface area contributed by atoms with Crippen molar-refractivity contribution in [3.63, 3.8) is 0 Å². The van der Waals surface area contributed by atoms with E-state index in [0.29, 0.717) is 0 Å². The van der Waals surface area contributed by atoms with Gasteiger partial charge in [0.05, 0.1) is 0 Å². The molecule has 1 heteroatoms. The highest BCUT2D eigenvalue weighted by atomic mass is 14.9. The topological polar surface area (TPSA) is 12.0 Å². The van der Waals surface area contributed by atoms with Crippen LogP contribution >= 0.6 is 0 Å². The van der Waals surface area contributed by atoms with Crippen LogP contribution in [0.3, 0.4) is 0 Å². The summed E-state index contributed by atoms with van der Waals surface area (Å²) in [6.45, 7) is 10.2. The monoisotopic (exact) mass is 287 g/mol. The maximum atomic E-state index is 3.75. The smallest absolute Gasteiger partial charge is 0.00966 e. The Bertz CT molecular complexity index is 430. The SMILES string of the molecule is Cc1cccc(CC2CCCCCC2CNC(C)(C)C)c1. The minimum atomic E-state index is 0.236. The lowest BCUT2D eigenvalue weighted by atomic mass is 9.82. The van der Waals surface area contributed by atoms with Crippen molar-refractivity contribution in [1.29, 1.82) is 0 Å². The summed E-state index contributed by atoms with van der Waals surface area (Å²) in [5.41, 5.74) is 3.16. The Morgan fingerprint density at radius 3 is 2.43 bits per heavy atom. The lowest BCUT2D eigenvalue weighted by molar-refractivity contribution is 0.270. The number of hydrogen-bond donors (Lipinski definition) is 1. The molecule has 0 spiro atoms. The van der Waals surface area contributed by atoms with E-state index in [1.807, 2.05) is 0 Å². The van der Waals surface area contributed by atoms with Crippen LogP contribution in [0, 0.1) is 18.8 Å². The van der Waals surface area contributed by atoms with Gasteiger partial charge in [-0.1, -0.05) is 49.1 Å². The summed E-state index contributed by atoms with van der Waals surface area (Å²) in [5.74, 6) is 1.69. The molecular weight excluding hydrogens is 254 g/mol. The number of hydrogen-bond acceptors (Lipinski definition) is 1. The van der Waals surface area contributed by atoms with Crippen LogP contribution < -0.4 is 5.32 Å². The molecule has 0 radical (unpaired) electrons. The van der Waals surface area contributed by atoms with E-state index in [4.69, 9.17) is 0 Å². The highest BCUT2D eigenvalue weighted by Gasteiger charge is 2.25. The molecule has 2 atom stereocenters. The standard InChI is InChI=1S/C20H33N/c1-16-9-8-10-17(13-16)14-18-11-6-5-7-12-19(18)15-21-20(2,3)4/h8-10,13,18-19,21H,5-7,11-12,14-15H2,1-4H3. The molecule has 1 aliphatic rings. The molecule has 1 saturated carbocycles. The van der Waals surface area contributed by atoms with Gasteiger partial charge < -0.3 is 5.32 Å². The van der Waals surface area contributed by atoms with Crippen molar-refractivity contribution in [2.45, 2.75) is 71.8 Å². The molecule has 1 nitrogen and oxygen atoms in total. The lowest BCUT2D eigenvalue weighted by Crippen LogP contribution is -2.40. The molecule has 2 rings (SSSR count). The Hall–Kier alpha value is -0.820. The van der Waals surface area contributed by atoms with Crippen LogP contribution in [0.4, 0.5) is 0 Å². The fraction of sp³-hybridized carbons (Fsp3) is 0.700. The van der Waals surface area contributed by atoms with Crippen molar-refractivity contribution >= 4 is 0 Å². The summed E-state index contributed by atoms with van der Waals surface area (Å²) in [6.07, 6.45) is 8.34. The maximum Gasteiger partial charge on any atom is 0.00966 e. The summed E-state index contributed by atoms with van der Waals surface area (Å²) in [4.78, 5) is 0. The van der Waals surface area contributed by atoms with Gasteiger partial charge in [-0.15, -0.1) is 0 Å². The van der Waals surface area contributed by atoms with Crippen molar-refractivity contribution in [2.24, 2.45) is 11.8 Å². The van der Waals surface area contributed by atoms with Crippen LogP contribution in [-0.2, 0) is 6.42 Å². The van der Waals surface area contributed by atoms with Gasteiger partial charge in [0.2, 0.25) is 0 Å². The maximum absolute atomic E-state index is 3.75. The van der Waals surface area contributed by atoms with Gasteiger partial charge in [-0.3, -0.25) is 0 Å². The molecule has 0 aliphatic heterocycles. The summed E-state index contributed by atoms with van der Waals surface area (Å²) in [6, 6.07) is 9.10. The first kappa shape index (κ1) is 16.5. The molecule has 1 aliphatic carbocycles. The second kappa shape index (κ2) is 7.45. The van der Waals surface area contributed by atoms with Gasteiger partial charge in [-0.05, 0) is 70.9 Å². The molecule has 1 N–H and O–H groups in total. The Kier molecular flexibility index (Phi) is 5.87. The van der Waals surface area contributed by atoms with Crippen LogP contribution in [0.2, 0.25) is 0 Å². The summed E-state index contributed by atoms with van der Waals surface area (Å²) in [7, 11) is 0. The van der Waals surface area contributed by atoms with Crippen LogP contribution in [0.5, 0.6) is 0 Å². The predicted molar refractivity (Wildman–Crippen MR) is 92.7 cm³/mol. The molecule has 1 aromatic carbocycles. The number of aryl methyl sites for hydroxylation is 1. The quantitative estimate of drug-likeness (QED) is 0.758. The average molecular weight is 287 g/mol. The highest BCUT2D eigenvalue weighted by molar-refractivity contribution is 5.22. The summed E-state index contributed by atoms with van der Waals surface area (Å²) >= 11 is 0. The molecular formula is C20H33N. The second-order valence-corrected chi connectivity index (χ2v) is 7.98. The first-order valence-corrected chi connectivity index (χ1v) is 8.74. The van der Waals surface area contributed by atoms with Crippen molar-refractivity contribution in [3.05, 3.63) is 35.4 Å². The van der Waals surface area contributed by atoms with E-state index in [0.717, 1.165) is 11.8 Å². The van der Waals surface area contributed by atoms with Crippen LogP contribution in [0.25, 0.3) is 0 Å². The lowest BCUT2D eigenvalue weighted by Gasteiger charge is -2.30. The Morgan fingerprint density at radius 1 is 1.05 bits per heavy atom. The predicted octanol–water partition coefficient (Wildman–Crippen LogP) is 5.12. The Labute approximate surface area is 131 Å². The molecule has 2 unspecified atom stereocenters. The first-order valence-electron chi connectivity index (χ1n) is 8.74. The van der Waals surface area contributed by atoms with Gasteiger partial charge in [0.1, 0.15) is 0 Å². The molecule has 1 fully saturated rings. The molecule has 21 heavy (non-hydrogen) atoms. The first-order chi connectivity index (χ1) is 9.94. The third-order valence-electron chi connectivity index (χ3n) is 4.79. The molecule has 0 heterocycles. The Balaban J connectivity index is 2.01. The van der Waals surface area contributed by atoms with Gasteiger partial charge in [-0.25, -0.2) is 0 Å². The minimum absolute atomic E-state index is 0.236. The average Bonchev–Trinajstić information content (AvgIpc) is 2.61. The van der Waals surface area contributed by atoms with E-state index in [2.05, 4.69) is 57.3 Å². The third kappa shape index (κ3) is 5.82. The van der Waals surface area contributed by atoms with E-state index in [-0.39, 0.29) is 5.54 Å². The van der Waals surface area contributed by atoms with Gasteiger partial charge in [-0.2, -0.15) is 0 Å². The molecule has 0 aromatic heterocycles. The molecule has 0 bridgehead atoms. The molecule has 118 valence electrons. The zero-order valence-corrected chi connectivity index (χ0v) is 14.4. The number of nitrogens with one attached hydrogen (secondary N) is 1. The second-order valence-electron chi connectivity index (χ2n) is 7.98. The van der Waals surface area contributed by atoms with Gasteiger partial charge >= 0.3 is 0 Å². The largest absolute Gasteiger partial charge is 0.312 e.